The van der Waals surface area contributed by atoms with Crippen LogP contribution in [0.2, 0.25) is 6.82 Å². The fraction of sp³-hybridized carbons (Fsp3) is 0.286. The van der Waals surface area contributed by atoms with Crippen LogP contribution in [0.3, 0.4) is 0 Å². The second-order valence-electron chi connectivity index (χ2n) is 7.61. The molecule has 5 nitrogen and oxygen atoms in total. The van der Waals surface area contributed by atoms with E-state index in [1.54, 1.807) is 19.1 Å². The second-order valence-corrected chi connectivity index (χ2v) is 7.61. The first-order valence-corrected chi connectivity index (χ1v) is 9.45. The number of nitrogens with two attached hydrogens (primary N) is 1. The monoisotopic (exact) mass is 378 g/mol. The van der Waals surface area contributed by atoms with E-state index < -0.39 is 7.05 Å². The van der Waals surface area contributed by atoms with Crippen LogP contribution in [0.15, 0.2) is 42.6 Å². The lowest BCUT2D eigenvalue weighted by Gasteiger charge is -2.46. The molecule has 0 amide bonds. The number of benzene rings is 2. The van der Waals surface area contributed by atoms with Gasteiger partial charge in [-0.15, -0.1) is 0 Å². The minimum atomic E-state index is -0.490. The minimum Gasteiger partial charge on any atom is -0.437 e. The van der Waals surface area contributed by atoms with Gasteiger partial charge in [-0.05, 0) is 56.2 Å². The zero-order valence-electron chi connectivity index (χ0n) is 16.4. The molecular formula is C21H24BFN4O. The zero-order chi connectivity index (χ0) is 20.0. The van der Waals surface area contributed by atoms with Gasteiger partial charge in [0.1, 0.15) is 11.6 Å². The number of hydrogen-bond donors (Lipinski definition) is 2. The summed E-state index contributed by atoms with van der Waals surface area (Å²) in [7, 11) is 1.43. The van der Waals surface area contributed by atoms with Crippen molar-refractivity contribution in [3.05, 3.63) is 54.0 Å². The number of likely N-dealkylation sites (N-methyl/N-ethyl adjacent to an activating group) is 1. The number of halogens is 1. The van der Waals surface area contributed by atoms with Crippen LogP contribution >= 0.6 is 0 Å². The number of rotatable bonds is 4. The van der Waals surface area contributed by atoms with E-state index >= 15 is 0 Å². The summed E-state index contributed by atoms with van der Waals surface area (Å²) in [5, 5.41) is 11.7. The van der Waals surface area contributed by atoms with Crippen molar-refractivity contribution in [2.75, 3.05) is 30.8 Å². The Hall–Kier alpha value is -2.64. The molecule has 3 aromatic rings. The smallest absolute Gasteiger partial charge is 0.376 e. The summed E-state index contributed by atoms with van der Waals surface area (Å²) >= 11 is 0. The van der Waals surface area contributed by atoms with E-state index in [1.165, 1.54) is 6.07 Å². The highest BCUT2D eigenvalue weighted by Gasteiger charge is 2.34. The summed E-state index contributed by atoms with van der Waals surface area (Å²) in [4.78, 5) is 8.42. The normalized spacial score (nSPS) is 14.6. The highest BCUT2D eigenvalue weighted by molar-refractivity contribution is 6.45. The van der Waals surface area contributed by atoms with Gasteiger partial charge in [0.25, 0.3) is 0 Å². The second kappa shape index (κ2) is 7.07. The first-order valence-electron chi connectivity index (χ1n) is 9.45. The maximum Gasteiger partial charge on any atom is 0.376 e. The van der Waals surface area contributed by atoms with Crippen LogP contribution in [-0.2, 0) is 0 Å². The minimum absolute atomic E-state index is 0.232. The predicted octanol–water partition coefficient (Wildman–Crippen LogP) is 3.16. The molecule has 28 heavy (non-hydrogen) atoms. The third-order valence-electron chi connectivity index (χ3n) is 5.71. The summed E-state index contributed by atoms with van der Waals surface area (Å²) in [6.45, 7) is 5.27. The molecule has 0 spiro atoms. The van der Waals surface area contributed by atoms with Crippen molar-refractivity contribution in [3.63, 3.8) is 0 Å². The summed E-state index contributed by atoms with van der Waals surface area (Å²) in [5.74, 6) is 0.228. The van der Waals surface area contributed by atoms with Gasteiger partial charge in [0.15, 0.2) is 0 Å². The van der Waals surface area contributed by atoms with Crippen molar-refractivity contribution < 1.29 is 9.41 Å². The van der Waals surface area contributed by atoms with Crippen molar-refractivity contribution in [1.82, 2.24) is 9.79 Å². The number of nitrogen functional groups attached to an aromatic ring is 1. The van der Waals surface area contributed by atoms with Crippen molar-refractivity contribution in [1.29, 1.82) is 0 Å². The molecule has 3 N–H and O–H groups in total. The van der Waals surface area contributed by atoms with Gasteiger partial charge in [0.2, 0.25) is 0 Å². The number of aryl methyl sites for hydroxylation is 1. The van der Waals surface area contributed by atoms with Crippen LogP contribution in [0.5, 0.6) is 0 Å². The average Bonchev–Trinajstić information content (AvgIpc) is 2.60. The van der Waals surface area contributed by atoms with Crippen molar-refractivity contribution in [2.45, 2.75) is 19.8 Å². The molecule has 1 fully saturated rings. The third-order valence-corrected chi connectivity index (χ3v) is 5.71. The van der Waals surface area contributed by atoms with Gasteiger partial charge in [-0.1, -0.05) is 12.1 Å². The molecular weight excluding hydrogens is 354 g/mol. The molecule has 0 unspecified atom stereocenters. The Morgan fingerprint density at radius 2 is 2.04 bits per heavy atom. The molecule has 0 radical (unpaired) electrons. The zero-order valence-corrected chi connectivity index (χ0v) is 16.4. The van der Waals surface area contributed by atoms with Gasteiger partial charge >= 0.3 is 7.05 Å². The number of nitrogens with zero attached hydrogens (tertiary/aromatic N) is 3. The van der Waals surface area contributed by atoms with E-state index in [4.69, 9.17) is 5.73 Å². The highest BCUT2D eigenvalue weighted by Crippen LogP contribution is 2.38. The molecule has 0 atom stereocenters. The van der Waals surface area contributed by atoms with Crippen molar-refractivity contribution in [2.24, 2.45) is 0 Å². The largest absolute Gasteiger partial charge is 0.437 e. The lowest BCUT2D eigenvalue weighted by molar-refractivity contribution is 0.282. The average molecular weight is 378 g/mol. The summed E-state index contributed by atoms with van der Waals surface area (Å²) < 4.78 is 14.6. The molecule has 1 aliphatic rings. The van der Waals surface area contributed by atoms with E-state index in [9.17, 15) is 9.41 Å². The van der Waals surface area contributed by atoms with Gasteiger partial charge in [0, 0.05) is 47.4 Å². The fourth-order valence-corrected chi connectivity index (χ4v) is 3.87. The molecule has 1 aliphatic heterocycles. The molecule has 2 aromatic carbocycles. The number of hydrogen-bond acceptors (Lipinski definition) is 5. The number of anilines is 2. The van der Waals surface area contributed by atoms with E-state index in [-0.39, 0.29) is 11.9 Å². The molecule has 0 aliphatic carbocycles. The maximum atomic E-state index is 14.6. The Balaban J connectivity index is 1.80. The van der Waals surface area contributed by atoms with Gasteiger partial charge in [-0.25, -0.2) is 9.37 Å². The summed E-state index contributed by atoms with van der Waals surface area (Å²) in [6.07, 6.45) is 1.74. The van der Waals surface area contributed by atoms with Gasteiger partial charge < -0.3 is 20.5 Å². The van der Waals surface area contributed by atoms with E-state index in [0.717, 1.165) is 40.7 Å². The number of pyridine rings is 1. The predicted molar refractivity (Wildman–Crippen MR) is 114 cm³/mol. The van der Waals surface area contributed by atoms with E-state index in [1.807, 2.05) is 43.0 Å². The standard InChI is InChI=1S/C21H24BFN4O/c1-13-5-4-6-18(23)21(13)14-7-15-10-25-20(24)9-17(15)19(8-14)27-11-16(12-27)26(3)22(2)28/h4-10,16,28H,11-12H2,1-3H3,(H2,24,25). The van der Waals surface area contributed by atoms with Crippen LogP contribution in [0.4, 0.5) is 15.9 Å². The van der Waals surface area contributed by atoms with Crippen LogP contribution in [0.25, 0.3) is 21.9 Å². The summed E-state index contributed by atoms with van der Waals surface area (Å²) in [5.41, 5.74) is 9.28. The molecule has 0 bridgehead atoms. The molecule has 1 saturated heterocycles. The fourth-order valence-electron chi connectivity index (χ4n) is 3.87. The number of fused-ring (bicyclic) bond motifs is 1. The Bertz CT molecular complexity index is 1020. The number of aromatic nitrogens is 1. The van der Waals surface area contributed by atoms with Crippen LogP contribution in [-0.4, -0.2) is 48.0 Å². The van der Waals surface area contributed by atoms with Crippen molar-refractivity contribution in [3.8, 4) is 11.1 Å². The van der Waals surface area contributed by atoms with Gasteiger partial charge in [-0.2, -0.15) is 0 Å². The van der Waals surface area contributed by atoms with Crippen LogP contribution in [0.1, 0.15) is 5.56 Å². The van der Waals surface area contributed by atoms with Crippen molar-refractivity contribution >= 4 is 29.3 Å². The topological polar surface area (TPSA) is 65.6 Å². The highest BCUT2D eigenvalue weighted by atomic mass is 19.1. The maximum absolute atomic E-state index is 14.6. The van der Waals surface area contributed by atoms with Crippen LogP contribution in [0, 0.1) is 12.7 Å². The first kappa shape index (κ1) is 18.7. The van der Waals surface area contributed by atoms with E-state index in [0.29, 0.717) is 11.4 Å². The van der Waals surface area contributed by atoms with Gasteiger partial charge in [-0.3, -0.25) is 0 Å². The Kier molecular flexibility index (Phi) is 4.73. The third kappa shape index (κ3) is 3.21. The lowest BCUT2D eigenvalue weighted by Crippen LogP contribution is -2.61. The molecule has 0 saturated carbocycles. The molecule has 1 aromatic heterocycles. The quantitative estimate of drug-likeness (QED) is 0.683. The summed E-state index contributed by atoms with van der Waals surface area (Å²) in [6, 6.07) is 11.3. The Labute approximate surface area is 164 Å². The Morgan fingerprint density at radius 1 is 1.29 bits per heavy atom. The first-order chi connectivity index (χ1) is 13.3. The SMILES string of the molecule is CB(O)N(C)C1CN(c2cc(-c3c(C)cccc3F)cc3cnc(N)cc23)C1. The lowest BCUT2D eigenvalue weighted by atomic mass is 9.82. The molecule has 7 heteroatoms. The molecule has 144 valence electrons. The Morgan fingerprint density at radius 3 is 2.71 bits per heavy atom. The molecule has 2 heterocycles. The molecule has 4 rings (SSSR count). The van der Waals surface area contributed by atoms with Gasteiger partial charge in [0.05, 0.1) is 0 Å². The van der Waals surface area contributed by atoms with Crippen LogP contribution < -0.4 is 10.6 Å². The van der Waals surface area contributed by atoms with E-state index in [2.05, 4.69) is 9.88 Å².